The Morgan fingerprint density at radius 1 is 1.13 bits per heavy atom. The van der Waals surface area contributed by atoms with E-state index in [1.54, 1.807) is 16.8 Å². The molecule has 2 heterocycles. The van der Waals surface area contributed by atoms with Crippen molar-refractivity contribution in [2.75, 3.05) is 0 Å². The third-order valence-electron chi connectivity index (χ3n) is 3.52. The Balaban J connectivity index is 1.97. The fraction of sp³-hybridized carbons (Fsp3) is 0.125. The summed E-state index contributed by atoms with van der Waals surface area (Å²) in [5, 5.41) is 9.25. The molecule has 0 unspecified atom stereocenters. The van der Waals surface area contributed by atoms with Crippen LogP contribution in [0.15, 0.2) is 48.8 Å². The summed E-state index contributed by atoms with van der Waals surface area (Å²) in [6, 6.07) is 7.85. The maximum atomic E-state index is 12.6. The van der Waals surface area contributed by atoms with Crippen LogP contribution in [0.5, 0.6) is 0 Å². The molecule has 0 amide bonds. The highest BCUT2D eigenvalue weighted by Gasteiger charge is 2.29. The average Bonchev–Trinajstić information content (AvgIpc) is 2.90. The Morgan fingerprint density at radius 2 is 1.83 bits per heavy atom. The van der Waals surface area contributed by atoms with Gasteiger partial charge < -0.3 is 9.67 Å². The standard InChI is InChI=1S/C16H11F3N2O2/c17-16(18,19)11-3-1-10(2-4-11)9-21-8-6-13-14(21)12(15(22)23)5-7-20-13/h1-8H,9H2,(H,22,23). The van der Waals surface area contributed by atoms with Gasteiger partial charge in [-0.15, -0.1) is 0 Å². The monoisotopic (exact) mass is 320 g/mol. The molecule has 0 aliphatic rings. The van der Waals surface area contributed by atoms with Gasteiger partial charge in [-0.25, -0.2) is 4.79 Å². The summed E-state index contributed by atoms with van der Waals surface area (Å²) in [5.41, 5.74) is 0.991. The lowest BCUT2D eigenvalue weighted by molar-refractivity contribution is -0.137. The Labute approximate surface area is 128 Å². The molecule has 1 aromatic carbocycles. The summed E-state index contributed by atoms with van der Waals surface area (Å²) in [5.74, 6) is -1.08. The summed E-state index contributed by atoms with van der Waals surface area (Å²) in [7, 11) is 0. The molecule has 3 rings (SSSR count). The van der Waals surface area contributed by atoms with E-state index in [9.17, 15) is 23.1 Å². The lowest BCUT2D eigenvalue weighted by atomic mass is 10.1. The Kier molecular flexibility index (Phi) is 3.55. The minimum Gasteiger partial charge on any atom is -0.478 e. The van der Waals surface area contributed by atoms with Crippen molar-refractivity contribution >= 4 is 17.0 Å². The van der Waals surface area contributed by atoms with Crippen LogP contribution in [-0.4, -0.2) is 20.6 Å². The molecule has 0 spiro atoms. The van der Waals surface area contributed by atoms with Crippen molar-refractivity contribution in [3.05, 3.63) is 65.5 Å². The first-order valence-electron chi connectivity index (χ1n) is 6.69. The van der Waals surface area contributed by atoms with Crippen molar-refractivity contribution in [1.29, 1.82) is 0 Å². The number of hydrogen-bond acceptors (Lipinski definition) is 2. The van der Waals surface area contributed by atoms with Crippen LogP contribution in [-0.2, 0) is 12.7 Å². The van der Waals surface area contributed by atoms with Crippen molar-refractivity contribution in [3.63, 3.8) is 0 Å². The third kappa shape index (κ3) is 2.90. The largest absolute Gasteiger partial charge is 0.478 e. The molecule has 7 heteroatoms. The van der Waals surface area contributed by atoms with Gasteiger partial charge in [-0.3, -0.25) is 4.98 Å². The van der Waals surface area contributed by atoms with Gasteiger partial charge in [0, 0.05) is 18.9 Å². The number of benzene rings is 1. The number of rotatable bonds is 3. The molecule has 0 radical (unpaired) electrons. The van der Waals surface area contributed by atoms with Crippen molar-refractivity contribution in [1.82, 2.24) is 9.55 Å². The number of fused-ring (bicyclic) bond motifs is 1. The SMILES string of the molecule is O=C(O)c1ccnc2ccn(Cc3ccc(C(F)(F)F)cc3)c12. The van der Waals surface area contributed by atoms with Gasteiger partial charge in [0.15, 0.2) is 0 Å². The number of halogens is 3. The summed E-state index contributed by atoms with van der Waals surface area (Å²) < 4.78 is 39.4. The van der Waals surface area contributed by atoms with Crippen LogP contribution >= 0.6 is 0 Å². The second-order valence-corrected chi connectivity index (χ2v) is 5.04. The lowest BCUT2D eigenvalue weighted by Crippen LogP contribution is -2.06. The smallest absolute Gasteiger partial charge is 0.416 e. The molecule has 0 saturated heterocycles. The Morgan fingerprint density at radius 3 is 2.43 bits per heavy atom. The van der Waals surface area contributed by atoms with Gasteiger partial charge in [-0.2, -0.15) is 13.2 Å². The van der Waals surface area contributed by atoms with E-state index in [0.717, 1.165) is 12.1 Å². The minimum absolute atomic E-state index is 0.104. The predicted octanol–water partition coefficient (Wildman–Crippen LogP) is 3.80. The zero-order chi connectivity index (χ0) is 16.6. The molecular formula is C16H11F3N2O2. The number of nitrogens with zero attached hydrogens (tertiary/aromatic N) is 2. The summed E-state index contributed by atoms with van der Waals surface area (Å²) in [4.78, 5) is 15.4. The van der Waals surface area contributed by atoms with Crippen LogP contribution in [0.4, 0.5) is 13.2 Å². The van der Waals surface area contributed by atoms with E-state index in [1.807, 2.05) is 0 Å². The lowest BCUT2D eigenvalue weighted by Gasteiger charge is -2.10. The first-order valence-corrected chi connectivity index (χ1v) is 6.69. The van der Waals surface area contributed by atoms with Gasteiger partial charge in [0.25, 0.3) is 0 Å². The summed E-state index contributed by atoms with van der Waals surface area (Å²) >= 11 is 0. The van der Waals surface area contributed by atoms with Gasteiger partial charge in [-0.1, -0.05) is 12.1 Å². The van der Waals surface area contributed by atoms with Crippen molar-refractivity contribution in [2.24, 2.45) is 0 Å². The highest BCUT2D eigenvalue weighted by molar-refractivity contribution is 6.01. The molecule has 23 heavy (non-hydrogen) atoms. The van der Waals surface area contributed by atoms with Gasteiger partial charge in [0.2, 0.25) is 0 Å². The van der Waals surface area contributed by atoms with E-state index in [2.05, 4.69) is 4.98 Å². The number of aromatic carboxylic acids is 1. The average molecular weight is 320 g/mol. The zero-order valence-electron chi connectivity index (χ0n) is 11.7. The summed E-state index contributed by atoms with van der Waals surface area (Å²) in [6.45, 7) is 0.258. The normalized spacial score (nSPS) is 11.8. The molecule has 118 valence electrons. The maximum Gasteiger partial charge on any atom is 0.416 e. The second kappa shape index (κ2) is 5.42. The van der Waals surface area contributed by atoms with Gasteiger partial charge in [0.05, 0.1) is 22.2 Å². The van der Waals surface area contributed by atoms with E-state index in [1.165, 1.54) is 24.4 Å². The van der Waals surface area contributed by atoms with E-state index < -0.39 is 17.7 Å². The molecule has 0 aliphatic carbocycles. The molecule has 4 nitrogen and oxygen atoms in total. The van der Waals surface area contributed by atoms with Crippen LogP contribution in [0.3, 0.4) is 0 Å². The minimum atomic E-state index is -4.38. The molecule has 0 bridgehead atoms. The molecule has 0 atom stereocenters. The van der Waals surface area contributed by atoms with Crippen LogP contribution in [0.25, 0.3) is 11.0 Å². The van der Waals surface area contributed by atoms with Gasteiger partial charge in [-0.05, 0) is 29.8 Å². The van der Waals surface area contributed by atoms with Crippen LogP contribution in [0, 0.1) is 0 Å². The second-order valence-electron chi connectivity index (χ2n) is 5.04. The topological polar surface area (TPSA) is 55.1 Å². The molecule has 3 aromatic rings. The van der Waals surface area contributed by atoms with Gasteiger partial charge in [0.1, 0.15) is 0 Å². The van der Waals surface area contributed by atoms with E-state index in [4.69, 9.17) is 0 Å². The number of hydrogen-bond donors (Lipinski definition) is 1. The highest BCUT2D eigenvalue weighted by Crippen LogP contribution is 2.29. The first-order chi connectivity index (χ1) is 10.9. The molecular weight excluding hydrogens is 309 g/mol. The number of aromatic nitrogens is 2. The van der Waals surface area contributed by atoms with E-state index >= 15 is 0 Å². The molecule has 1 N–H and O–H groups in total. The first kappa shape index (κ1) is 15.1. The summed E-state index contributed by atoms with van der Waals surface area (Å²) in [6.07, 6.45) is -1.30. The molecule has 0 saturated carbocycles. The van der Waals surface area contributed by atoms with E-state index in [-0.39, 0.29) is 12.1 Å². The van der Waals surface area contributed by atoms with Crippen LogP contribution in [0.2, 0.25) is 0 Å². The zero-order valence-corrected chi connectivity index (χ0v) is 11.7. The number of carboxylic acids is 1. The molecule has 0 fully saturated rings. The fourth-order valence-corrected chi connectivity index (χ4v) is 2.43. The number of pyridine rings is 1. The quantitative estimate of drug-likeness (QED) is 0.798. The highest BCUT2D eigenvalue weighted by atomic mass is 19.4. The van der Waals surface area contributed by atoms with Crippen LogP contribution in [0.1, 0.15) is 21.5 Å². The number of carbonyl (C=O) groups is 1. The Hall–Kier alpha value is -2.83. The van der Waals surface area contributed by atoms with Crippen molar-refractivity contribution < 1.29 is 23.1 Å². The predicted molar refractivity (Wildman–Crippen MR) is 77.2 cm³/mol. The molecule has 2 aromatic heterocycles. The number of carboxylic acid groups (broad SMARTS) is 1. The fourth-order valence-electron chi connectivity index (χ4n) is 2.43. The van der Waals surface area contributed by atoms with Crippen molar-refractivity contribution in [2.45, 2.75) is 12.7 Å². The number of alkyl halides is 3. The van der Waals surface area contributed by atoms with E-state index in [0.29, 0.717) is 16.6 Å². The Bertz CT molecular complexity index is 867. The van der Waals surface area contributed by atoms with Gasteiger partial charge >= 0.3 is 12.1 Å². The van der Waals surface area contributed by atoms with Crippen LogP contribution < -0.4 is 0 Å². The molecule has 0 aliphatic heterocycles. The third-order valence-corrected chi connectivity index (χ3v) is 3.52. The van der Waals surface area contributed by atoms with Crippen molar-refractivity contribution in [3.8, 4) is 0 Å². The maximum absolute atomic E-state index is 12.6.